The van der Waals surface area contributed by atoms with Crippen LogP contribution in [0.15, 0.2) is 79.0 Å². The summed E-state index contributed by atoms with van der Waals surface area (Å²) in [5.74, 6) is 6.50. The molecule has 0 spiro atoms. The Hall–Kier alpha value is -3.77. The van der Waals surface area contributed by atoms with E-state index in [0.717, 1.165) is 41.3 Å². The molecule has 0 amide bonds. The maximum atomic E-state index is 7.83. The minimum atomic E-state index is -0.284. The third-order valence-corrected chi connectivity index (χ3v) is 5.77. The number of benzene rings is 2. The number of nitrogens with one attached hydrogen (secondary N) is 2. The Labute approximate surface area is 238 Å². The highest BCUT2D eigenvalue weighted by molar-refractivity contribution is 7.44. The Bertz CT molecular complexity index is 1260. The summed E-state index contributed by atoms with van der Waals surface area (Å²) in [7, 11) is 7.84. The van der Waals surface area contributed by atoms with Gasteiger partial charge in [-0.1, -0.05) is 48.4 Å². The summed E-state index contributed by atoms with van der Waals surface area (Å²) in [6.07, 6.45) is 5.26. The first kappa shape index (κ1) is 31.4. The van der Waals surface area contributed by atoms with Gasteiger partial charge in [-0.25, -0.2) is 0 Å². The first-order valence-electron chi connectivity index (χ1n) is 12.9. The summed E-state index contributed by atoms with van der Waals surface area (Å²) in [5.41, 5.74) is 6.09. The third-order valence-electron chi connectivity index (χ3n) is 5.77. The van der Waals surface area contributed by atoms with Crippen molar-refractivity contribution in [3.05, 3.63) is 107 Å². The van der Waals surface area contributed by atoms with Gasteiger partial charge in [-0.15, -0.1) is 0 Å². The van der Waals surface area contributed by atoms with E-state index in [4.69, 9.17) is 8.95 Å². The van der Waals surface area contributed by atoms with Crippen LogP contribution in [-0.2, 0) is 30.7 Å². The molecular formula is C31H39N5O2S. The molecule has 1 atom stereocenters. The number of nitrogens with zero attached hydrogens (tertiary/aromatic N) is 3. The lowest BCUT2D eigenvalue weighted by Crippen LogP contribution is -2.16. The predicted molar refractivity (Wildman–Crippen MR) is 161 cm³/mol. The Morgan fingerprint density at radius 2 is 1.72 bits per heavy atom. The van der Waals surface area contributed by atoms with Crippen LogP contribution in [0.2, 0.25) is 0 Å². The van der Waals surface area contributed by atoms with Crippen molar-refractivity contribution < 1.29 is 8.95 Å². The van der Waals surface area contributed by atoms with Crippen molar-refractivity contribution in [2.75, 3.05) is 33.1 Å². The molecule has 0 aliphatic rings. The molecule has 0 fully saturated rings. The number of unbranched alkanes of at least 4 members (excludes halogenated alkanes) is 1. The van der Waals surface area contributed by atoms with E-state index in [1.807, 2.05) is 85.4 Å². The molecule has 0 saturated heterocycles. The fourth-order valence-corrected chi connectivity index (χ4v) is 3.90. The van der Waals surface area contributed by atoms with Crippen LogP contribution in [0.1, 0.15) is 47.3 Å². The van der Waals surface area contributed by atoms with Crippen LogP contribution in [-0.4, -0.2) is 51.6 Å². The van der Waals surface area contributed by atoms with Gasteiger partial charge in [0.2, 0.25) is 0 Å². The van der Waals surface area contributed by atoms with Gasteiger partial charge in [-0.05, 0) is 88.6 Å². The number of rotatable bonds is 9. The molecule has 2 aromatic heterocycles. The average Bonchev–Trinajstić information content (AvgIpc) is 3.56. The average molecular weight is 546 g/mol. The van der Waals surface area contributed by atoms with E-state index in [1.165, 1.54) is 18.4 Å². The molecule has 1 unspecified atom stereocenters. The van der Waals surface area contributed by atoms with Crippen LogP contribution in [0.4, 0.5) is 5.69 Å². The monoisotopic (exact) mass is 545 g/mol. The number of ether oxygens (including phenoxy) is 1. The number of anilines is 1. The van der Waals surface area contributed by atoms with Gasteiger partial charge >= 0.3 is 0 Å². The van der Waals surface area contributed by atoms with Gasteiger partial charge in [0.15, 0.2) is 18.8 Å². The molecule has 2 heterocycles. The van der Waals surface area contributed by atoms with E-state index in [1.54, 1.807) is 7.11 Å². The van der Waals surface area contributed by atoms with E-state index < -0.39 is 0 Å². The van der Waals surface area contributed by atoms with Crippen LogP contribution in [0.5, 0.6) is 0 Å². The molecule has 0 radical (unpaired) electrons. The van der Waals surface area contributed by atoms with Crippen LogP contribution in [0.3, 0.4) is 0 Å². The lowest BCUT2D eigenvalue weighted by Gasteiger charge is -2.18. The highest BCUT2D eigenvalue weighted by Crippen LogP contribution is 2.21. The fourth-order valence-electron chi connectivity index (χ4n) is 3.90. The van der Waals surface area contributed by atoms with E-state index in [9.17, 15) is 0 Å². The van der Waals surface area contributed by atoms with Gasteiger partial charge in [0.1, 0.15) is 0 Å². The fraction of sp³-hybridized carbons (Fsp3) is 0.323. The smallest absolute Gasteiger partial charge is 0.197 e. The molecule has 7 nitrogen and oxygen atoms in total. The molecule has 0 bridgehead atoms. The standard InChI is InChI=1S/C25H33N5O.C6H6.OS/c1-19-15-24(30(4)28-19)25(31-5)27-23-11-8-10-20(16-23)12-13-22-17-21(18-26-22)9-6-7-14-29(2)3;1-2-4-6-5-3-1;1-2/h8,10-11,15-18,25-27H,6-7,9,14H2,1-5H3;1-6H;. The van der Waals surface area contributed by atoms with Gasteiger partial charge in [-0.3, -0.25) is 4.68 Å². The second kappa shape index (κ2) is 17.7. The maximum absolute atomic E-state index is 7.83. The summed E-state index contributed by atoms with van der Waals surface area (Å²) in [4.78, 5) is 5.51. The second-order valence-electron chi connectivity index (χ2n) is 9.26. The number of methoxy groups -OCH3 is 1. The quantitative estimate of drug-likeness (QED) is 0.166. The molecular weight excluding hydrogens is 506 g/mol. The van der Waals surface area contributed by atoms with Gasteiger partial charge < -0.3 is 19.9 Å². The van der Waals surface area contributed by atoms with E-state index in [2.05, 4.69) is 71.0 Å². The number of aromatic amines is 1. The SMILES string of the molecule is COC(Nc1cccc(C#Cc2cc(CCCCN(C)C)c[nH]2)c1)c1cc(C)nn1C.O=S.c1ccccc1. The molecule has 4 aromatic rings. The second-order valence-corrected chi connectivity index (χ2v) is 9.26. The van der Waals surface area contributed by atoms with Crippen molar-refractivity contribution in [3.8, 4) is 11.8 Å². The van der Waals surface area contributed by atoms with E-state index >= 15 is 0 Å². The molecule has 4 rings (SSSR count). The number of hydrogen-bond donors (Lipinski definition) is 2. The van der Waals surface area contributed by atoms with Crippen molar-refractivity contribution >= 4 is 18.2 Å². The molecule has 2 aromatic carbocycles. The van der Waals surface area contributed by atoms with Crippen molar-refractivity contribution in [1.29, 1.82) is 0 Å². The maximum Gasteiger partial charge on any atom is 0.197 e. The van der Waals surface area contributed by atoms with Crippen molar-refractivity contribution in [2.24, 2.45) is 7.05 Å². The van der Waals surface area contributed by atoms with Gasteiger partial charge in [-0.2, -0.15) is 9.31 Å². The minimum Gasteiger partial charge on any atom is -0.356 e. The largest absolute Gasteiger partial charge is 0.356 e. The predicted octanol–water partition coefficient (Wildman–Crippen LogP) is 5.45. The third kappa shape index (κ3) is 11.7. The Kier molecular flexibility index (Phi) is 14.3. The zero-order valence-electron chi connectivity index (χ0n) is 23.5. The first-order chi connectivity index (χ1) is 18.9. The molecule has 39 heavy (non-hydrogen) atoms. The summed E-state index contributed by atoms with van der Waals surface area (Å²) >= 11 is 2.83. The minimum absolute atomic E-state index is 0.284. The van der Waals surface area contributed by atoms with Gasteiger partial charge in [0, 0.05) is 31.6 Å². The highest BCUT2D eigenvalue weighted by Gasteiger charge is 2.15. The molecule has 0 aliphatic carbocycles. The highest BCUT2D eigenvalue weighted by atomic mass is 32.1. The number of aryl methyl sites for hydroxylation is 3. The summed E-state index contributed by atoms with van der Waals surface area (Å²) in [6, 6.07) is 24.2. The van der Waals surface area contributed by atoms with E-state index in [0.29, 0.717) is 0 Å². The molecule has 0 aliphatic heterocycles. The molecule has 0 saturated carbocycles. The number of aromatic nitrogens is 3. The Morgan fingerprint density at radius 1 is 1.03 bits per heavy atom. The molecule has 8 heteroatoms. The zero-order chi connectivity index (χ0) is 28.5. The lowest BCUT2D eigenvalue weighted by atomic mass is 10.1. The van der Waals surface area contributed by atoms with Crippen molar-refractivity contribution in [2.45, 2.75) is 32.4 Å². The zero-order valence-corrected chi connectivity index (χ0v) is 24.3. The lowest BCUT2D eigenvalue weighted by molar-refractivity contribution is 0.120. The van der Waals surface area contributed by atoms with Crippen LogP contribution in [0.25, 0.3) is 0 Å². The van der Waals surface area contributed by atoms with Crippen LogP contribution >= 0.6 is 0 Å². The van der Waals surface area contributed by atoms with Crippen molar-refractivity contribution in [1.82, 2.24) is 19.7 Å². The van der Waals surface area contributed by atoms with Gasteiger partial charge in [0.05, 0.1) is 17.1 Å². The van der Waals surface area contributed by atoms with Gasteiger partial charge in [0.25, 0.3) is 0 Å². The summed E-state index contributed by atoms with van der Waals surface area (Å²) < 4.78 is 15.3. The first-order valence-corrected chi connectivity index (χ1v) is 13.2. The number of hydrogen-bond acceptors (Lipinski definition) is 6. The molecule has 2 N–H and O–H groups in total. The van der Waals surface area contributed by atoms with Crippen LogP contribution in [0, 0.1) is 18.8 Å². The van der Waals surface area contributed by atoms with Crippen molar-refractivity contribution in [3.63, 3.8) is 0 Å². The summed E-state index contributed by atoms with van der Waals surface area (Å²) in [5, 5.41) is 7.82. The number of H-pyrrole nitrogens is 1. The van der Waals surface area contributed by atoms with E-state index in [-0.39, 0.29) is 6.23 Å². The van der Waals surface area contributed by atoms with Crippen LogP contribution < -0.4 is 5.32 Å². The normalized spacial score (nSPS) is 10.8. The Morgan fingerprint density at radius 3 is 2.31 bits per heavy atom. The molecule has 206 valence electrons. The Balaban J connectivity index is 0.000000578. The summed E-state index contributed by atoms with van der Waals surface area (Å²) in [6.45, 7) is 3.11. The topological polar surface area (TPSA) is 75.2 Å².